The van der Waals surface area contributed by atoms with E-state index in [0.29, 0.717) is 12.1 Å². The number of nitrogens with one attached hydrogen (secondary N) is 1. The quantitative estimate of drug-likeness (QED) is 0.637. The lowest BCUT2D eigenvalue weighted by molar-refractivity contribution is -0.114. The first kappa shape index (κ1) is 22.7. The summed E-state index contributed by atoms with van der Waals surface area (Å²) in [6, 6.07) is 11.3. The molecule has 29 heavy (non-hydrogen) atoms. The highest BCUT2D eigenvalue weighted by Gasteiger charge is 2.23. The normalized spacial score (nSPS) is 11.0. The minimum Gasteiger partial charge on any atom is -0.462 e. The van der Waals surface area contributed by atoms with Gasteiger partial charge in [-0.05, 0) is 43.2 Å². The molecule has 9 heteroatoms. The number of carbonyl (C=O) groups is 2. The zero-order chi connectivity index (χ0) is 21.6. The molecular formula is C20H23ClN2O5S. The van der Waals surface area contributed by atoms with E-state index in [1.807, 2.05) is 19.1 Å². The van der Waals surface area contributed by atoms with E-state index in [1.54, 1.807) is 19.1 Å². The maximum absolute atomic E-state index is 12.5. The molecule has 0 fully saturated rings. The van der Waals surface area contributed by atoms with Crippen molar-refractivity contribution < 1.29 is 22.7 Å². The Kier molecular flexibility index (Phi) is 7.64. The molecule has 0 radical (unpaired) electrons. The summed E-state index contributed by atoms with van der Waals surface area (Å²) in [6.07, 6.45) is 1.67. The maximum atomic E-state index is 12.5. The van der Waals surface area contributed by atoms with Crippen LogP contribution in [0.4, 0.5) is 11.4 Å². The summed E-state index contributed by atoms with van der Waals surface area (Å²) < 4.78 is 30.6. The van der Waals surface area contributed by atoms with Crippen molar-refractivity contribution in [1.82, 2.24) is 0 Å². The number of carbonyl (C=O) groups excluding carboxylic acids is 2. The third-order valence-electron chi connectivity index (χ3n) is 4.08. The molecule has 0 atom stereocenters. The van der Waals surface area contributed by atoms with Crippen LogP contribution in [0.25, 0.3) is 0 Å². The van der Waals surface area contributed by atoms with Crippen molar-refractivity contribution >= 4 is 44.9 Å². The minimum absolute atomic E-state index is 0.142. The summed E-state index contributed by atoms with van der Waals surface area (Å²) in [6.45, 7) is 3.42. The van der Waals surface area contributed by atoms with E-state index in [9.17, 15) is 18.0 Å². The van der Waals surface area contributed by atoms with Gasteiger partial charge in [0.15, 0.2) is 0 Å². The van der Waals surface area contributed by atoms with Gasteiger partial charge >= 0.3 is 5.97 Å². The number of amides is 1. The number of sulfonamides is 1. The molecule has 0 aromatic heterocycles. The van der Waals surface area contributed by atoms with Crippen LogP contribution in [-0.2, 0) is 26.0 Å². The van der Waals surface area contributed by atoms with Gasteiger partial charge in [0.05, 0.1) is 34.8 Å². The Labute approximate surface area is 175 Å². The number of anilines is 2. The average molecular weight is 439 g/mol. The van der Waals surface area contributed by atoms with E-state index < -0.39 is 28.4 Å². The third-order valence-corrected chi connectivity index (χ3v) is 5.52. The Bertz CT molecular complexity index is 1010. The number of ether oxygens (including phenoxy) is 1. The molecule has 0 bridgehead atoms. The Hall–Kier alpha value is -2.58. The Morgan fingerprint density at radius 1 is 1.14 bits per heavy atom. The molecule has 7 nitrogen and oxygen atoms in total. The van der Waals surface area contributed by atoms with E-state index >= 15 is 0 Å². The topological polar surface area (TPSA) is 92.8 Å². The molecule has 2 rings (SSSR count). The second kappa shape index (κ2) is 9.76. The lowest BCUT2D eigenvalue weighted by atomic mass is 10.1. The summed E-state index contributed by atoms with van der Waals surface area (Å²) in [5.41, 5.74) is 1.78. The number of halogens is 1. The second-order valence-electron chi connectivity index (χ2n) is 6.22. The van der Waals surface area contributed by atoms with Gasteiger partial charge in [-0.25, -0.2) is 13.2 Å². The molecule has 0 saturated carbocycles. The van der Waals surface area contributed by atoms with Gasteiger partial charge in [0, 0.05) is 0 Å². The maximum Gasteiger partial charge on any atom is 0.338 e. The molecule has 2 aromatic carbocycles. The molecule has 0 spiro atoms. The van der Waals surface area contributed by atoms with Crippen molar-refractivity contribution in [3.63, 3.8) is 0 Å². The van der Waals surface area contributed by atoms with Crippen molar-refractivity contribution in [1.29, 1.82) is 0 Å². The van der Waals surface area contributed by atoms with Crippen LogP contribution in [0.5, 0.6) is 0 Å². The van der Waals surface area contributed by atoms with Crippen LogP contribution in [0.3, 0.4) is 0 Å². The molecule has 1 amide bonds. The molecule has 0 aliphatic rings. The Morgan fingerprint density at radius 2 is 1.83 bits per heavy atom. The van der Waals surface area contributed by atoms with Crippen LogP contribution in [-0.4, -0.2) is 39.7 Å². The van der Waals surface area contributed by atoms with Crippen LogP contribution in [0, 0.1) is 0 Å². The SMILES string of the molecule is CCOC(=O)c1ccc(NC(=O)CN(c2ccccc2CC)S(C)(=O)=O)c(Cl)c1. The van der Waals surface area contributed by atoms with Crippen molar-refractivity contribution in [2.24, 2.45) is 0 Å². The fourth-order valence-corrected chi connectivity index (χ4v) is 3.83. The van der Waals surface area contributed by atoms with E-state index in [1.165, 1.54) is 18.2 Å². The molecule has 0 aliphatic heterocycles. The largest absolute Gasteiger partial charge is 0.462 e. The standard InChI is InChI=1S/C20H23ClN2O5S/c1-4-14-8-6-7-9-18(14)23(29(3,26)27)13-19(24)22-17-11-10-15(12-16(17)21)20(25)28-5-2/h6-12H,4-5,13H2,1-3H3,(H,22,24). The number of esters is 1. The van der Waals surface area contributed by atoms with Gasteiger partial charge in [-0.2, -0.15) is 0 Å². The van der Waals surface area contributed by atoms with Crippen molar-refractivity contribution in [2.75, 3.05) is 29.0 Å². The van der Waals surface area contributed by atoms with Gasteiger partial charge in [0.2, 0.25) is 15.9 Å². The highest BCUT2D eigenvalue weighted by atomic mass is 35.5. The van der Waals surface area contributed by atoms with Crippen molar-refractivity contribution in [2.45, 2.75) is 20.3 Å². The number of hydrogen-bond acceptors (Lipinski definition) is 5. The summed E-state index contributed by atoms with van der Waals surface area (Å²) in [5.74, 6) is -1.08. The fraction of sp³-hybridized carbons (Fsp3) is 0.300. The molecular weight excluding hydrogens is 416 g/mol. The summed E-state index contributed by atoms with van der Waals surface area (Å²) in [4.78, 5) is 24.3. The molecule has 1 N–H and O–H groups in total. The Balaban J connectivity index is 2.22. The summed E-state index contributed by atoms with van der Waals surface area (Å²) >= 11 is 6.15. The minimum atomic E-state index is -3.69. The van der Waals surface area contributed by atoms with Crippen molar-refractivity contribution in [3.8, 4) is 0 Å². The zero-order valence-corrected chi connectivity index (χ0v) is 18.0. The van der Waals surface area contributed by atoms with E-state index in [-0.39, 0.29) is 22.9 Å². The number of rotatable bonds is 8. The van der Waals surface area contributed by atoms with Gasteiger partial charge in [-0.1, -0.05) is 36.7 Å². The smallest absolute Gasteiger partial charge is 0.338 e. The summed E-state index contributed by atoms with van der Waals surface area (Å²) in [5, 5.41) is 2.73. The number of aryl methyl sites for hydroxylation is 1. The van der Waals surface area contributed by atoms with Crippen LogP contribution >= 0.6 is 11.6 Å². The van der Waals surface area contributed by atoms with Crippen LogP contribution in [0.2, 0.25) is 5.02 Å². The lowest BCUT2D eigenvalue weighted by Crippen LogP contribution is -2.38. The highest BCUT2D eigenvalue weighted by Crippen LogP contribution is 2.25. The van der Waals surface area contributed by atoms with Gasteiger partial charge in [-0.15, -0.1) is 0 Å². The molecule has 0 heterocycles. The van der Waals surface area contributed by atoms with E-state index in [2.05, 4.69) is 5.32 Å². The first-order valence-corrected chi connectivity index (χ1v) is 11.2. The second-order valence-corrected chi connectivity index (χ2v) is 8.53. The van der Waals surface area contributed by atoms with Gasteiger partial charge in [0.1, 0.15) is 6.54 Å². The first-order valence-electron chi connectivity index (χ1n) is 8.99. The number of nitrogens with zero attached hydrogens (tertiary/aromatic N) is 1. The monoisotopic (exact) mass is 438 g/mol. The number of para-hydroxylation sites is 1. The van der Waals surface area contributed by atoms with E-state index in [0.717, 1.165) is 16.1 Å². The molecule has 0 saturated heterocycles. The fourth-order valence-electron chi connectivity index (χ4n) is 2.71. The molecule has 0 unspecified atom stereocenters. The number of benzene rings is 2. The highest BCUT2D eigenvalue weighted by molar-refractivity contribution is 7.92. The lowest BCUT2D eigenvalue weighted by Gasteiger charge is -2.24. The predicted octanol–water partition coefficient (Wildman–Crippen LogP) is 3.48. The molecule has 2 aromatic rings. The van der Waals surface area contributed by atoms with Crippen LogP contribution < -0.4 is 9.62 Å². The molecule has 156 valence electrons. The Morgan fingerprint density at radius 3 is 2.41 bits per heavy atom. The summed E-state index contributed by atoms with van der Waals surface area (Å²) in [7, 11) is -3.69. The van der Waals surface area contributed by atoms with Crippen molar-refractivity contribution in [3.05, 3.63) is 58.6 Å². The van der Waals surface area contributed by atoms with Gasteiger partial charge in [0.25, 0.3) is 0 Å². The van der Waals surface area contributed by atoms with Crippen LogP contribution in [0.1, 0.15) is 29.8 Å². The van der Waals surface area contributed by atoms with Gasteiger partial charge < -0.3 is 10.1 Å². The van der Waals surface area contributed by atoms with Crippen LogP contribution in [0.15, 0.2) is 42.5 Å². The third kappa shape index (κ3) is 5.95. The number of hydrogen-bond donors (Lipinski definition) is 1. The average Bonchev–Trinajstić information content (AvgIpc) is 2.67. The van der Waals surface area contributed by atoms with Gasteiger partial charge in [-0.3, -0.25) is 9.10 Å². The molecule has 0 aliphatic carbocycles. The van der Waals surface area contributed by atoms with E-state index in [4.69, 9.17) is 16.3 Å². The predicted molar refractivity (Wildman–Crippen MR) is 114 cm³/mol. The first-order chi connectivity index (χ1) is 13.7. The zero-order valence-electron chi connectivity index (χ0n) is 16.4.